The molecule has 0 saturated carbocycles. The van der Waals surface area contributed by atoms with Gasteiger partial charge in [0.05, 0.1) is 5.56 Å². The van der Waals surface area contributed by atoms with Crippen molar-refractivity contribution in [2.24, 2.45) is 11.7 Å². The fraction of sp³-hybridized carbons (Fsp3) is 0. The molecule has 0 spiro atoms. The number of phenolic OH excluding ortho intramolecular Hbond substituents is 1. The zero-order chi connectivity index (χ0) is 15.7. The number of hydrazine groups is 2. The molecule has 0 aromatic heterocycles. The van der Waals surface area contributed by atoms with E-state index in [4.69, 9.17) is 16.8 Å². The van der Waals surface area contributed by atoms with Crippen molar-refractivity contribution in [2.75, 3.05) is 0 Å². The first-order valence-electron chi connectivity index (χ1n) is 5.95. The van der Waals surface area contributed by atoms with Gasteiger partial charge in [0, 0.05) is 5.56 Å². The molecule has 2 rings (SSSR count). The van der Waals surface area contributed by atoms with Crippen LogP contribution in [-0.4, -0.2) is 16.9 Å². The number of rotatable bonds is 2. The monoisotopic (exact) mass is 288 g/mol. The Morgan fingerprint density at radius 3 is 1.86 bits per heavy atom. The molecule has 0 bridgehead atoms. The Labute approximate surface area is 121 Å². The maximum atomic E-state index is 10.8. The molecule has 0 aliphatic heterocycles. The predicted molar refractivity (Wildman–Crippen MR) is 77.9 cm³/mol. The van der Waals surface area contributed by atoms with E-state index < -0.39 is 5.91 Å². The third-order valence-corrected chi connectivity index (χ3v) is 2.45. The lowest BCUT2D eigenvalue weighted by Crippen LogP contribution is -2.29. The first-order chi connectivity index (χ1) is 10.1. The van der Waals surface area contributed by atoms with Gasteiger partial charge in [-0.25, -0.2) is 11.7 Å². The fourth-order valence-corrected chi connectivity index (χ4v) is 1.42. The molecule has 7 nitrogen and oxygen atoms in total. The van der Waals surface area contributed by atoms with Crippen LogP contribution >= 0.6 is 0 Å². The predicted octanol–water partition coefficient (Wildman–Crippen LogP) is 0.286. The summed E-state index contributed by atoms with van der Waals surface area (Å²) in [5.41, 5.74) is 4.72. The number of benzene rings is 2. The van der Waals surface area contributed by atoms with E-state index in [1.165, 1.54) is 12.1 Å². The Hall–Kier alpha value is -2.90. The molecule has 7 heteroatoms. The van der Waals surface area contributed by atoms with Crippen LogP contribution in [0.25, 0.3) is 0 Å². The highest BCUT2D eigenvalue weighted by atomic mass is 16.3. The molecule has 0 atom stereocenters. The number of nitrogens with two attached hydrogens (primary N) is 2. The van der Waals surface area contributed by atoms with Crippen molar-refractivity contribution >= 4 is 11.8 Å². The van der Waals surface area contributed by atoms with Gasteiger partial charge in [-0.1, -0.05) is 30.3 Å². The number of nitrogen functional groups attached to an aromatic ring is 2. The number of hydrogen-bond acceptors (Lipinski definition) is 5. The topological polar surface area (TPSA) is 130 Å². The van der Waals surface area contributed by atoms with E-state index >= 15 is 0 Å². The van der Waals surface area contributed by atoms with E-state index in [9.17, 15) is 9.59 Å². The van der Waals surface area contributed by atoms with E-state index in [-0.39, 0.29) is 17.2 Å². The molecule has 0 aliphatic rings. The summed E-state index contributed by atoms with van der Waals surface area (Å²) in [6.07, 6.45) is 0. The minimum absolute atomic E-state index is 0.0737. The molecule has 2 aromatic rings. The standard InChI is InChI=1S/C7H8N2O2.C7H8N2O/c8-9-7(11)5-3-1-2-4-6(5)10;8-9-7(10)6-4-2-1-3-5-6/h1-4,10H,8H2,(H,9,11);1-5H,8H2,(H,9,10). The summed E-state index contributed by atoms with van der Waals surface area (Å²) < 4.78 is 0. The first kappa shape index (κ1) is 16.2. The fourth-order valence-electron chi connectivity index (χ4n) is 1.42. The van der Waals surface area contributed by atoms with Crippen LogP contribution in [0.1, 0.15) is 20.7 Å². The maximum absolute atomic E-state index is 10.8. The van der Waals surface area contributed by atoms with Crippen molar-refractivity contribution in [1.82, 2.24) is 10.9 Å². The molecule has 0 unspecified atom stereocenters. The molecule has 21 heavy (non-hydrogen) atoms. The van der Waals surface area contributed by atoms with E-state index in [1.807, 2.05) is 16.9 Å². The Morgan fingerprint density at radius 2 is 1.33 bits per heavy atom. The molecule has 0 saturated heterocycles. The Bertz CT molecular complexity index is 602. The normalized spacial score (nSPS) is 9.05. The van der Waals surface area contributed by atoms with Gasteiger partial charge in [0.15, 0.2) is 0 Å². The van der Waals surface area contributed by atoms with Crippen molar-refractivity contribution in [3.8, 4) is 5.75 Å². The number of carbonyl (C=O) groups excluding carboxylic acids is 2. The van der Waals surface area contributed by atoms with Gasteiger partial charge in [0.25, 0.3) is 11.8 Å². The average Bonchev–Trinajstić information content (AvgIpc) is 2.55. The number of hydrogen-bond donors (Lipinski definition) is 5. The van der Waals surface area contributed by atoms with Crippen molar-refractivity contribution in [2.45, 2.75) is 0 Å². The molecular weight excluding hydrogens is 272 g/mol. The number of phenols is 1. The quantitative estimate of drug-likeness (QED) is 0.308. The highest BCUT2D eigenvalue weighted by Gasteiger charge is 2.06. The summed E-state index contributed by atoms with van der Waals surface area (Å²) in [6, 6.07) is 15.0. The highest BCUT2D eigenvalue weighted by Crippen LogP contribution is 2.14. The SMILES string of the molecule is NNC(=O)c1ccccc1.NNC(=O)c1ccccc1O. The second-order valence-electron chi connectivity index (χ2n) is 3.83. The van der Waals surface area contributed by atoms with Gasteiger partial charge >= 0.3 is 0 Å². The Morgan fingerprint density at radius 1 is 0.810 bits per heavy atom. The minimum Gasteiger partial charge on any atom is -0.507 e. The lowest BCUT2D eigenvalue weighted by Gasteiger charge is -2.00. The largest absolute Gasteiger partial charge is 0.507 e. The lowest BCUT2D eigenvalue weighted by molar-refractivity contribution is 0.0944. The molecule has 110 valence electrons. The summed E-state index contributed by atoms with van der Waals surface area (Å²) in [5, 5.41) is 9.10. The van der Waals surface area contributed by atoms with Crippen LogP contribution < -0.4 is 22.5 Å². The smallest absolute Gasteiger partial charge is 0.268 e. The second kappa shape index (κ2) is 8.31. The zero-order valence-electron chi connectivity index (χ0n) is 11.1. The summed E-state index contributed by atoms with van der Waals surface area (Å²) in [7, 11) is 0. The van der Waals surface area contributed by atoms with Crippen molar-refractivity contribution in [1.29, 1.82) is 0 Å². The van der Waals surface area contributed by atoms with E-state index in [0.29, 0.717) is 5.56 Å². The number of para-hydroxylation sites is 1. The molecule has 0 radical (unpaired) electrons. The van der Waals surface area contributed by atoms with Gasteiger partial charge < -0.3 is 5.11 Å². The van der Waals surface area contributed by atoms with Crippen LogP contribution in [0.3, 0.4) is 0 Å². The van der Waals surface area contributed by atoms with E-state index in [0.717, 1.165) is 0 Å². The lowest BCUT2D eigenvalue weighted by atomic mass is 10.2. The summed E-state index contributed by atoms with van der Waals surface area (Å²) in [5.74, 6) is 8.93. The number of nitrogens with one attached hydrogen (secondary N) is 2. The van der Waals surface area contributed by atoms with Crippen LogP contribution in [0.4, 0.5) is 0 Å². The molecule has 0 aliphatic carbocycles. The van der Waals surface area contributed by atoms with E-state index in [2.05, 4.69) is 0 Å². The van der Waals surface area contributed by atoms with Gasteiger partial charge in [-0.3, -0.25) is 20.4 Å². The third kappa shape index (κ3) is 4.94. The molecule has 2 amide bonds. The van der Waals surface area contributed by atoms with Crippen molar-refractivity contribution in [3.63, 3.8) is 0 Å². The van der Waals surface area contributed by atoms with E-state index in [1.54, 1.807) is 36.4 Å². The first-order valence-corrected chi connectivity index (χ1v) is 5.95. The van der Waals surface area contributed by atoms with Crippen LogP contribution in [0.2, 0.25) is 0 Å². The summed E-state index contributed by atoms with van der Waals surface area (Å²) in [6.45, 7) is 0. The second-order valence-corrected chi connectivity index (χ2v) is 3.83. The van der Waals surface area contributed by atoms with Gasteiger partial charge in [-0.2, -0.15) is 0 Å². The number of carbonyl (C=O) groups is 2. The van der Waals surface area contributed by atoms with Crippen LogP contribution in [0.5, 0.6) is 5.75 Å². The summed E-state index contributed by atoms with van der Waals surface area (Å²) >= 11 is 0. The van der Waals surface area contributed by atoms with Gasteiger partial charge in [-0.05, 0) is 24.3 Å². The zero-order valence-corrected chi connectivity index (χ0v) is 11.1. The Balaban J connectivity index is 0.000000211. The van der Waals surface area contributed by atoms with Crippen molar-refractivity contribution in [3.05, 3.63) is 65.7 Å². The summed E-state index contributed by atoms with van der Waals surface area (Å²) in [4.78, 5) is 21.6. The van der Waals surface area contributed by atoms with Crippen LogP contribution in [0, 0.1) is 0 Å². The average molecular weight is 288 g/mol. The van der Waals surface area contributed by atoms with Gasteiger partial charge in [0.1, 0.15) is 5.75 Å². The van der Waals surface area contributed by atoms with Crippen LogP contribution in [0.15, 0.2) is 54.6 Å². The third-order valence-electron chi connectivity index (χ3n) is 2.45. The number of amides is 2. The number of aromatic hydroxyl groups is 1. The molecule has 0 heterocycles. The van der Waals surface area contributed by atoms with Crippen LogP contribution in [-0.2, 0) is 0 Å². The molecular formula is C14H16N4O3. The molecule has 7 N–H and O–H groups in total. The maximum Gasteiger partial charge on any atom is 0.268 e. The van der Waals surface area contributed by atoms with Crippen molar-refractivity contribution < 1.29 is 14.7 Å². The molecule has 0 fully saturated rings. The van der Waals surface area contributed by atoms with Gasteiger partial charge in [-0.15, -0.1) is 0 Å². The van der Waals surface area contributed by atoms with Gasteiger partial charge in [0.2, 0.25) is 0 Å². The minimum atomic E-state index is -0.497. The Kier molecular flexibility index (Phi) is 6.39. The molecule has 2 aromatic carbocycles. The highest BCUT2D eigenvalue weighted by molar-refractivity contribution is 5.96.